The van der Waals surface area contributed by atoms with Crippen LogP contribution in [-0.4, -0.2) is 22.5 Å². The molecule has 2 rings (SSSR count). The Morgan fingerprint density at radius 3 is 2.65 bits per heavy atom. The van der Waals surface area contributed by atoms with E-state index in [1.165, 1.54) is 25.0 Å². The van der Waals surface area contributed by atoms with Crippen molar-refractivity contribution in [2.45, 2.75) is 32.6 Å². The summed E-state index contributed by atoms with van der Waals surface area (Å²) >= 11 is 0. The van der Waals surface area contributed by atoms with Gasteiger partial charge in [0.15, 0.2) is 0 Å². The minimum atomic E-state index is -1.16. The number of hydrogen-bond acceptors (Lipinski definition) is 4. The molecule has 0 bridgehead atoms. The topological polar surface area (TPSA) is 92.5 Å². The molecule has 0 unspecified atom stereocenters. The van der Waals surface area contributed by atoms with Gasteiger partial charge in [-0.25, -0.2) is 4.79 Å². The molecule has 1 aromatic rings. The number of aromatic carboxylic acids is 1. The number of nitro benzene ring substituents is 1. The lowest BCUT2D eigenvalue weighted by Gasteiger charge is -2.24. The average Bonchev–Trinajstić information content (AvgIpc) is 2.83. The molecule has 1 aromatic carbocycles. The predicted molar refractivity (Wildman–Crippen MR) is 75.1 cm³/mol. The lowest BCUT2D eigenvalue weighted by atomic mass is 9.89. The molecule has 0 saturated heterocycles. The SMILES string of the molecule is CC1(CNc2ccc([N+](=O)[O-])cc2C(=O)O)CCCC1. The molecule has 6 nitrogen and oxygen atoms in total. The van der Waals surface area contributed by atoms with Crippen LogP contribution < -0.4 is 5.32 Å². The van der Waals surface area contributed by atoms with Gasteiger partial charge in [-0.3, -0.25) is 10.1 Å². The first-order valence-electron chi connectivity index (χ1n) is 6.67. The molecular formula is C14H18N2O4. The zero-order valence-electron chi connectivity index (χ0n) is 11.4. The third-order valence-corrected chi connectivity index (χ3v) is 3.96. The molecule has 108 valence electrons. The Balaban J connectivity index is 2.18. The summed E-state index contributed by atoms with van der Waals surface area (Å²) in [6.45, 7) is 2.87. The molecule has 0 aliphatic heterocycles. The van der Waals surface area contributed by atoms with Crippen LogP contribution in [-0.2, 0) is 0 Å². The number of nitrogens with zero attached hydrogens (tertiary/aromatic N) is 1. The van der Waals surface area contributed by atoms with Crippen molar-refractivity contribution < 1.29 is 14.8 Å². The van der Waals surface area contributed by atoms with Gasteiger partial charge in [0.2, 0.25) is 0 Å². The molecule has 1 aliphatic carbocycles. The maximum Gasteiger partial charge on any atom is 0.338 e. The van der Waals surface area contributed by atoms with E-state index >= 15 is 0 Å². The first kappa shape index (κ1) is 14.3. The zero-order chi connectivity index (χ0) is 14.8. The molecule has 0 spiro atoms. The summed E-state index contributed by atoms with van der Waals surface area (Å²) in [5.41, 5.74) is 0.356. The molecule has 0 atom stereocenters. The minimum Gasteiger partial charge on any atom is -0.478 e. The van der Waals surface area contributed by atoms with Crippen LogP contribution in [0, 0.1) is 15.5 Å². The lowest BCUT2D eigenvalue weighted by Crippen LogP contribution is -2.23. The standard InChI is InChI=1S/C14H18N2O4/c1-14(6-2-3-7-14)9-15-12-5-4-10(16(19)20)8-11(12)13(17)18/h4-5,8,15H,2-3,6-7,9H2,1H3,(H,17,18). The fourth-order valence-corrected chi connectivity index (χ4v) is 2.69. The highest BCUT2D eigenvalue weighted by Crippen LogP contribution is 2.37. The maximum absolute atomic E-state index is 11.2. The number of nitro groups is 1. The molecule has 0 heterocycles. The van der Waals surface area contributed by atoms with Gasteiger partial charge in [-0.1, -0.05) is 19.8 Å². The van der Waals surface area contributed by atoms with Gasteiger partial charge in [0.05, 0.1) is 10.5 Å². The molecule has 0 aromatic heterocycles. The Kier molecular flexibility index (Phi) is 3.92. The predicted octanol–water partition coefficient (Wildman–Crippen LogP) is 3.29. The summed E-state index contributed by atoms with van der Waals surface area (Å²) in [5, 5.41) is 23.0. The highest BCUT2D eigenvalue weighted by Gasteiger charge is 2.28. The second-order valence-electron chi connectivity index (χ2n) is 5.66. The number of non-ortho nitro benzene ring substituents is 1. The van der Waals surface area contributed by atoms with E-state index in [9.17, 15) is 14.9 Å². The quantitative estimate of drug-likeness (QED) is 0.637. The summed E-state index contributed by atoms with van der Waals surface area (Å²) in [4.78, 5) is 21.3. The van der Waals surface area contributed by atoms with E-state index in [1.54, 1.807) is 0 Å². The van der Waals surface area contributed by atoms with Gasteiger partial charge < -0.3 is 10.4 Å². The van der Waals surface area contributed by atoms with Gasteiger partial charge in [0.1, 0.15) is 0 Å². The van der Waals surface area contributed by atoms with Crippen molar-refractivity contribution in [2.24, 2.45) is 5.41 Å². The van der Waals surface area contributed by atoms with Crippen LogP contribution in [0.15, 0.2) is 18.2 Å². The number of hydrogen-bond donors (Lipinski definition) is 2. The Bertz CT molecular complexity index is 536. The van der Waals surface area contributed by atoms with Gasteiger partial charge in [-0.2, -0.15) is 0 Å². The zero-order valence-corrected chi connectivity index (χ0v) is 11.4. The van der Waals surface area contributed by atoms with E-state index < -0.39 is 10.9 Å². The average molecular weight is 278 g/mol. The Morgan fingerprint density at radius 2 is 2.10 bits per heavy atom. The van der Waals surface area contributed by atoms with Gasteiger partial charge in [0, 0.05) is 24.4 Å². The van der Waals surface area contributed by atoms with Crippen molar-refractivity contribution in [2.75, 3.05) is 11.9 Å². The van der Waals surface area contributed by atoms with Crippen molar-refractivity contribution in [3.63, 3.8) is 0 Å². The molecule has 1 fully saturated rings. The highest BCUT2D eigenvalue weighted by molar-refractivity contribution is 5.95. The number of nitrogens with one attached hydrogen (secondary N) is 1. The summed E-state index contributed by atoms with van der Waals surface area (Å²) in [6.07, 6.45) is 4.64. The third-order valence-electron chi connectivity index (χ3n) is 3.96. The third kappa shape index (κ3) is 3.07. The van der Waals surface area contributed by atoms with Crippen molar-refractivity contribution in [1.82, 2.24) is 0 Å². The van der Waals surface area contributed by atoms with Crippen LogP contribution in [0.4, 0.5) is 11.4 Å². The summed E-state index contributed by atoms with van der Waals surface area (Å²) in [5.74, 6) is -1.16. The van der Waals surface area contributed by atoms with Gasteiger partial charge in [-0.05, 0) is 24.3 Å². The van der Waals surface area contributed by atoms with Crippen LogP contribution >= 0.6 is 0 Å². The molecule has 1 aliphatic rings. The second-order valence-corrected chi connectivity index (χ2v) is 5.66. The molecule has 0 amide bonds. The number of carboxylic acid groups (broad SMARTS) is 1. The molecule has 6 heteroatoms. The Morgan fingerprint density at radius 1 is 1.45 bits per heavy atom. The van der Waals surface area contributed by atoms with Gasteiger partial charge in [-0.15, -0.1) is 0 Å². The minimum absolute atomic E-state index is 0.0548. The first-order valence-corrected chi connectivity index (χ1v) is 6.67. The van der Waals surface area contributed by atoms with Crippen molar-refractivity contribution in [3.8, 4) is 0 Å². The summed E-state index contributed by atoms with van der Waals surface area (Å²) in [7, 11) is 0. The van der Waals surface area contributed by atoms with E-state index in [0.717, 1.165) is 18.9 Å². The largest absolute Gasteiger partial charge is 0.478 e. The first-order chi connectivity index (χ1) is 9.41. The Labute approximate surface area is 117 Å². The van der Waals surface area contributed by atoms with E-state index in [1.807, 2.05) is 0 Å². The number of anilines is 1. The smallest absolute Gasteiger partial charge is 0.338 e. The maximum atomic E-state index is 11.2. The van der Waals surface area contributed by atoms with Crippen LogP contribution in [0.2, 0.25) is 0 Å². The fraction of sp³-hybridized carbons (Fsp3) is 0.500. The van der Waals surface area contributed by atoms with E-state index in [4.69, 9.17) is 5.11 Å². The van der Waals surface area contributed by atoms with Crippen molar-refractivity contribution in [3.05, 3.63) is 33.9 Å². The van der Waals surface area contributed by atoms with Gasteiger partial charge in [0.25, 0.3) is 5.69 Å². The summed E-state index contributed by atoms with van der Waals surface area (Å²) < 4.78 is 0. The van der Waals surface area contributed by atoms with E-state index in [-0.39, 0.29) is 16.7 Å². The van der Waals surface area contributed by atoms with Crippen LogP contribution in [0.1, 0.15) is 43.0 Å². The van der Waals surface area contributed by atoms with Crippen molar-refractivity contribution >= 4 is 17.3 Å². The second kappa shape index (κ2) is 5.48. The number of rotatable bonds is 5. The van der Waals surface area contributed by atoms with E-state index in [0.29, 0.717) is 12.2 Å². The number of carbonyl (C=O) groups is 1. The molecule has 2 N–H and O–H groups in total. The highest BCUT2D eigenvalue weighted by atomic mass is 16.6. The molecule has 20 heavy (non-hydrogen) atoms. The summed E-state index contributed by atoms with van der Waals surface area (Å²) in [6, 6.07) is 3.90. The van der Waals surface area contributed by atoms with Crippen LogP contribution in [0.25, 0.3) is 0 Å². The fourth-order valence-electron chi connectivity index (χ4n) is 2.69. The number of benzene rings is 1. The normalized spacial score (nSPS) is 16.9. The van der Waals surface area contributed by atoms with Crippen LogP contribution in [0.5, 0.6) is 0 Å². The monoisotopic (exact) mass is 278 g/mol. The van der Waals surface area contributed by atoms with E-state index in [2.05, 4.69) is 12.2 Å². The molecule has 1 saturated carbocycles. The van der Waals surface area contributed by atoms with Gasteiger partial charge >= 0.3 is 5.97 Å². The molecule has 0 radical (unpaired) electrons. The number of carboxylic acids is 1. The molecular weight excluding hydrogens is 260 g/mol. The Hall–Kier alpha value is -2.11. The van der Waals surface area contributed by atoms with Crippen LogP contribution in [0.3, 0.4) is 0 Å². The lowest BCUT2D eigenvalue weighted by molar-refractivity contribution is -0.384. The van der Waals surface area contributed by atoms with Crippen molar-refractivity contribution in [1.29, 1.82) is 0 Å².